The summed E-state index contributed by atoms with van der Waals surface area (Å²) >= 11 is 0. The molecule has 0 spiro atoms. The van der Waals surface area contributed by atoms with Crippen molar-refractivity contribution >= 4 is 24.2 Å². The van der Waals surface area contributed by atoms with Gasteiger partial charge in [0.2, 0.25) is 0 Å². The molecule has 0 bridgehead atoms. The highest BCUT2D eigenvalue weighted by molar-refractivity contribution is 5.99. The van der Waals surface area contributed by atoms with Crippen molar-refractivity contribution in [3.05, 3.63) is 65.7 Å². The van der Waals surface area contributed by atoms with Crippen molar-refractivity contribution in [3.8, 4) is 5.75 Å². The highest BCUT2D eigenvalue weighted by atomic mass is 35.5. The van der Waals surface area contributed by atoms with E-state index in [-0.39, 0.29) is 24.2 Å². The Morgan fingerprint density at radius 3 is 1.77 bits per heavy atom. The molecule has 30 heavy (non-hydrogen) atoms. The molecule has 2 amide bonds. The van der Waals surface area contributed by atoms with Crippen LogP contribution in [0.4, 0.5) is 0 Å². The van der Waals surface area contributed by atoms with Crippen LogP contribution in [0.5, 0.6) is 5.75 Å². The molecule has 2 aromatic rings. The van der Waals surface area contributed by atoms with E-state index in [1.807, 2.05) is 6.07 Å². The molecule has 0 unspecified atom stereocenters. The molecule has 2 rings (SSSR count). The van der Waals surface area contributed by atoms with E-state index in [1.54, 1.807) is 48.5 Å². The normalized spacial score (nSPS) is 10.0. The van der Waals surface area contributed by atoms with Crippen molar-refractivity contribution in [1.82, 2.24) is 10.9 Å². The Morgan fingerprint density at radius 1 is 0.700 bits per heavy atom. The average Bonchev–Trinajstić information content (AvgIpc) is 2.77. The fourth-order valence-corrected chi connectivity index (χ4v) is 2.98. The molecule has 0 fully saturated rings. The van der Waals surface area contributed by atoms with Crippen LogP contribution in [-0.2, 0) is 0 Å². The molecular weight excluding hydrogens is 400 g/mol. The minimum Gasteiger partial charge on any atom is -0.494 e. The molecule has 0 radical (unpaired) electrons. The molecule has 2 N–H and O–H groups in total. The van der Waals surface area contributed by atoms with Gasteiger partial charge in [-0.05, 0) is 42.8 Å². The molecule has 0 aliphatic heterocycles. The van der Waals surface area contributed by atoms with Crippen LogP contribution in [0.15, 0.2) is 54.6 Å². The predicted octanol–water partition coefficient (Wildman–Crippen LogP) is 5.70. The first-order valence-corrected chi connectivity index (χ1v) is 10.6. The van der Waals surface area contributed by atoms with Gasteiger partial charge in [0.25, 0.3) is 11.8 Å². The number of hydrazine groups is 1. The SMILES string of the molecule is CCCCCCCCCCOc1ccc(C(=O)NNC(=O)c2ccccc2)cc1.Cl. The maximum Gasteiger partial charge on any atom is 0.269 e. The summed E-state index contributed by atoms with van der Waals surface area (Å²) in [6.45, 7) is 2.92. The molecule has 0 aliphatic carbocycles. The number of ether oxygens (including phenoxy) is 1. The molecular formula is C24H33ClN2O3. The molecule has 0 saturated carbocycles. The van der Waals surface area contributed by atoms with Gasteiger partial charge in [-0.2, -0.15) is 0 Å². The fourth-order valence-electron chi connectivity index (χ4n) is 2.98. The Balaban J connectivity index is 0.00000450. The van der Waals surface area contributed by atoms with Gasteiger partial charge in [0.15, 0.2) is 0 Å². The summed E-state index contributed by atoms with van der Waals surface area (Å²) in [5.41, 5.74) is 5.77. The lowest BCUT2D eigenvalue weighted by Gasteiger charge is -2.09. The van der Waals surface area contributed by atoms with Crippen LogP contribution >= 0.6 is 12.4 Å². The Kier molecular flexibility index (Phi) is 13.0. The van der Waals surface area contributed by atoms with Crippen LogP contribution in [0.3, 0.4) is 0 Å². The zero-order valence-corrected chi connectivity index (χ0v) is 18.5. The van der Waals surface area contributed by atoms with Crippen LogP contribution in [0.2, 0.25) is 0 Å². The van der Waals surface area contributed by atoms with Crippen molar-refractivity contribution in [3.63, 3.8) is 0 Å². The largest absolute Gasteiger partial charge is 0.494 e. The molecule has 0 saturated heterocycles. The van der Waals surface area contributed by atoms with Crippen molar-refractivity contribution in [2.24, 2.45) is 0 Å². The third kappa shape index (κ3) is 9.79. The number of benzene rings is 2. The summed E-state index contributed by atoms with van der Waals surface area (Å²) < 4.78 is 5.74. The van der Waals surface area contributed by atoms with E-state index in [2.05, 4.69) is 17.8 Å². The number of carbonyl (C=O) groups is 2. The Bertz CT molecular complexity index is 736. The first-order valence-electron chi connectivity index (χ1n) is 10.6. The quantitative estimate of drug-likeness (QED) is 0.333. The van der Waals surface area contributed by atoms with Crippen molar-refractivity contribution < 1.29 is 14.3 Å². The standard InChI is InChI=1S/C24H32N2O3.ClH/c1-2-3-4-5-6-7-8-12-19-29-22-17-15-21(16-18-22)24(28)26-25-23(27)20-13-10-9-11-14-20;/h9-11,13-18H,2-8,12,19H2,1H3,(H,25,27)(H,26,28);1H. The van der Waals surface area contributed by atoms with Crippen molar-refractivity contribution in [1.29, 1.82) is 0 Å². The zero-order valence-electron chi connectivity index (χ0n) is 17.7. The second-order valence-corrected chi connectivity index (χ2v) is 7.12. The number of unbranched alkanes of at least 4 members (excludes halogenated alkanes) is 7. The zero-order chi connectivity index (χ0) is 20.7. The fraction of sp³-hybridized carbons (Fsp3) is 0.417. The van der Waals surface area contributed by atoms with E-state index >= 15 is 0 Å². The smallest absolute Gasteiger partial charge is 0.269 e. The molecule has 5 nitrogen and oxygen atoms in total. The Morgan fingerprint density at radius 2 is 1.20 bits per heavy atom. The van der Waals surface area contributed by atoms with Gasteiger partial charge in [-0.25, -0.2) is 0 Å². The average molecular weight is 433 g/mol. The number of nitrogens with one attached hydrogen (secondary N) is 2. The van der Waals surface area contributed by atoms with E-state index in [0.29, 0.717) is 17.7 Å². The van der Waals surface area contributed by atoms with Crippen LogP contribution < -0.4 is 15.6 Å². The highest BCUT2D eigenvalue weighted by Gasteiger charge is 2.09. The third-order valence-corrected chi connectivity index (χ3v) is 4.71. The summed E-state index contributed by atoms with van der Waals surface area (Å²) in [6, 6.07) is 15.7. The summed E-state index contributed by atoms with van der Waals surface area (Å²) in [5.74, 6) is 0.0194. The van der Waals surface area contributed by atoms with E-state index in [9.17, 15) is 9.59 Å². The van der Waals surface area contributed by atoms with Gasteiger partial charge < -0.3 is 4.74 Å². The lowest BCUT2D eigenvalue weighted by molar-refractivity contribution is 0.0846. The van der Waals surface area contributed by atoms with Gasteiger partial charge in [0.05, 0.1) is 6.61 Å². The van der Waals surface area contributed by atoms with Gasteiger partial charge in [-0.1, -0.05) is 70.1 Å². The van der Waals surface area contributed by atoms with Crippen LogP contribution in [-0.4, -0.2) is 18.4 Å². The maximum atomic E-state index is 12.2. The molecule has 0 aliphatic rings. The first kappa shape index (κ1) is 25.5. The molecule has 6 heteroatoms. The number of carbonyl (C=O) groups excluding carboxylic acids is 2. The maximum absolute atomic E-state index is 12.2. The number of hydrogen-bond acceptors (Lipinski definition) is 3. The molecule has 2 aromatic carbocycles. The second-order valence-electron chi connectivity index (χ2n) is 7.12. The van der Waals surface area contributed by atoms with Crippen LogP contribution in [0.1, 0.15) is 79.0 Å². The molecule has 164 valence electrons. The minimum atomic E-state index is -0.371. The Hall–Kier alpha value is -2.53. The van der Waals surface area contributed by atoms with Crippen LogP contribution in [0.25, 0.3) is 0 Å². The van der Waals surface area contributed by atoms with Gasteiger partial charge in [-0.3, -0.25) is 20.4 Å². The summed E-state index contributed by atoms with van der Waals surface area (Å²) in [7, 11) is 0. The summed E-state index contributed by atoms with van der Waals surface area (Å²) in [4.78, 5) is 24.1. The van der Waals surface area contributed by atoms with E-state index in [0.717, 1.165) is 12.2 Å². The number of halogens is 1. The molecule has 0 aromatic heterocycles. The van der Waals surface area contributed by atoms with E-state index < -0.39 is 0 Å². The summed E-state index contributed by atoms with van der Waals surface area (Å²) in [5, 5.41) is 0. The monoisotopic (exact) mass is 432 g/mol. The number of hydrogen-bond donors (Lipinski definition) is 2. The molecule has 0 atom stereocenters. The van der Waals surface area contributed by atoms with Crippen LogP contribution in [0, 0.1) is 0 Å². The van der Waals surface area contributed by atoms with Crippen molar-refractivity contribution in [2.45, 2.75) is 58.3 Å². The second kappa shape index (κ2) is 15.3. The first-order chi connectivity index (χ1) is 14.2. The lowest BCUT2D eigenvalue weighted by Crippen LogP contribution is -2.41. The lowest BCUT2D eigenvalue weighted by atomic mass is 10.1. The highest BCUT2D eigenvalue weighted by Crippen LogP contribution is 2.14. The van der Waals surface area contributed by atoms with Gasteiger partial charge in [0.1, 0.15) is 5.75 Å². The minimum absolute atomic E-state index is 0. The Labute approximate surface area is 186 Å². The van der Waals surface area contributed by atoms with Gasteiger partial charge in [-0.15, -0.1) is 12.4 Å². The number of rotatable bonds is 12. The van der Waals surface area contributed by atoms with E-state index in [4.69, 9.17) is 4.74 Å². The predicted molar refractivity (Wildman–Crippen MR) is 123 cm³/mol. The van der Waals surface area contributed by atoms with Gasteiger partial charge in [0, 0.05) is 11.1 Å². The molecule has 0 heterocycles. The summed E-state index contributed by atoms with van der Waals surface area (Å²) in [6.07, 6.45) is 10.1. The number of amides is 2. The van der Waals surface area contributed by atoms with E-state index in [1.165, 1.54) is 44.9 Å². The van der Waals surface area contributed by atoms with Crippen molar-refractivity contribution in [2.75, 3.05) is 6.61 Å². The van der Waals surface area contributed by atoms with Gasteiger partial charge >= 0.3 is 0 Å². The topological polar surface area (TPSA) is 67.4 Å². The third-order valence-electron chi connectivity index (χ3n) is 4.71.